The SMILES string of the molecule is C=CCOc1ccccc1/C=N\NC(=O)c1n[nH]c(=O)c2ccccc12. The molecule has 0 atom stereocenters. The number of carbonyl (C=O) groups is 1. The molecular formula is C19H16N4O3. The number of hydrogen-bond donors (Lipinski definition) is 2. The molecule has 0 saturated carbocycles. The summed E-state index contributed by atoms with van der Waals surface area (Å²) in [5, 5.41) is 10.9. The van der Waals surface area contributed by atoms with E-state index in [1.54, 1.807) is 36.4 Å². The highest BCUT2D eigenvalue weighted by Gasteiger charge is 2.13. The van der Waals surface area contributed by atoms with Gasteiger partial charge in [-0.15, -0.1) is 0 Å². The van der Waals surface area contributed by atoms with Crippen LogP contribution >= 0.6 is 0 Å². The lowest BCUT2D eigenvalue weighted by Crippen LogP contribution is -2.22. The maximum Gasteiger partial charge on any atom is 0.292 e. The van der Waals surface area contributed by atoms with Crippen LogP contribution in [-0.2, 0) is 0 Å². The van der Waals surface area contributed by atoms with Crippen molar-refractivity contribution in [3.63, 3.8) is 0 Å². The van der Waals surface area contributed by atoms with Gasteiger partial charge in [0.05, 0.1) is 11.6 Å². The van der Waals surface area contributed by atoms with Crippen LogP contribution in [0.3, 0.4) is 0 Å². The summed E-state index contributed by atoms with van der Waals surface area (Å²) >= 11 is 0. The molecule has 0 saturated heterocycles. The predicted molar refractivity (Wildman–Crippen MR) is 99.6 cm³/mol. The molecule has 7 heteroatoms. The number of benzene rings is 2. The van der Waals surface area contributed by atoms with E-state index in [4.69, 9.17) is 4.74 Å². The van der Waals surface area contributed by atoms with Crippen LogP contribution in [0.15, 0.2) is 71.1 Å². The lowest BCUT2D eigenvalue weighted by atomic mass is 10.1. The largest absolute Gasteiger partial charge is 0.489 e. The van der Waals surface area contributed by atoms with E-state index in [9.17, 15) is 9.59 Å². The smallest absolute Gasteiger partial charge is 0.292 e. The van der Waals surface area contributed by atoms with E-state index >= 15 is 0 Å². The highest BCUT2D eigenvalue weighted by atomic mass is 16.5. The number of para-hydroxylation sites is 1. The molecule has 0 aliphatic heterocycles. The third kappa shape index (κ3) is 3.67. The number of aromatic amines is 1. The van der Waals surface area contributed by atoms with Crippen molar-refractivity contribution in [2.45, 2.75) is 0 Å². The number of aromatic nitrogens is 2. The van der Waals surface area contributed by atoms with Gasteiger partial charge in [0.15, 0.2) is 5.69 Å². The van der Waals surface area contributed by atoms with Crippen molar-refractivity contribution in [2.75, 3.05) is 6.61 Å². The molecule has 130 valence electrons. The topological polar surface area (TPSA) is 96.4 Å². The quantitative estimate of drug-likeness (QED) is 0.406. The van der Waals surface area contributed by atoms with Gasteiger partial charge < -0.3 is 4.74 Å². The van der Waals surface area contributed by atoms with Crippen LogP contribution in [-0.4, -0.2) is 28.9 Å². The van der Waals surface area contributed by atoms with Gasteiger partial charge in [0, 0.05) is 10.9 Å². The van der Waals surface area contributed by atoms with Gasteiger partial charge in [0.25, 0.3) is 11.5 Å². The van der Waals surface area contributed by atoms with Crippen molar-refractivity contribution < 1.29 is 9.53 Å². The third-order valence-electron chi connectivity index (χ3n) is 3.56. The van der Waals surface area contributed by atoms with E-state index in [1.807, 2.05) is 18.2 Å². The molecule has 26 heavy (non-hydrogen) atoms. The summed E-state index contributed by atoms with van der Waals surface area (Å²) in [6, 6.07) is 14.0. The fourth-order valence-corrected chi connectivity index (χ4v) is 2.37. The Labute approximate surface area is 149 Å². The zero-order chi connectivity index (χ0) is 18.4. The standard InChI is InChI=1S/C19H16N4O3/c1-2-11-26-16-10-6-3-7-13(16)12-20-22-19(25)17-14-8-4-5-9-15(14)18(24)23-21-17/h2-10,12H,1,11H2,(H,22,25)(H,23,24)/b20-12-. The number of nitrogens with zero attached hydrogens (tertiary/aromatic N) is 2. The first kappa shape index (κ1) is 17.1. The first-order valence-corrected chi connectivity index (χ1v) is 7.84. The molecule has 0 radical (unpaired) electrons. The number of hydrogen-bond acceptors (Lipinski definition) is 5. The van der Waals surface area contributed by atoms with Crippen LogP contribution in [0.1, 0.15) is 16.1 Å². The minimum Gasteiger partial charge on any atom is -0.489 e. The first-order chi connectivity index (χ1) is 12.7. The highest BCUT2D eigenvalue weighted by molar-refractivity contribution is 6.04. The summed E-state index contributed by atoms with van der Waals surface area (Å²) in [4.78, 5) is 24.1. The van der Waals surface area contributed by atoms with Crippen LogP contribution in [0, 0.1) is 0 Å². The summed E-state index contributed by atoms with van der Waals surface area (Å²) in [5.74, 6) is 0.0937. The van der Waals surface area contributed by atoms with Crippen LogP contribution in [0.4, 0.5) is 0 Å². The number of hydrazone groups is 1. The van der Waals surface area contributed by atoms with Crippen molar-refractivity contribution in [2.24, 2.45) is 5.10 Å². The summed E-state index contributed by atoms with van der Waals surface area (Å²) in [6.07, 6.45) is 3.12. The number of rotatable bonds is 6. The molecule has 1 amide bonds. The van der Waals surface area contributed by atoms with E-state index < -0.39 is 5.91 Å². The molecule has 0 unspecified atom stereocenters. The molecule has 0 aliphatic carbocycles. The predicted octanol–water partition coefficient (Wildman–Crippen LogP) is 2.25. The Morgan fingerprint density at radius 2 is 1.92 bits per heavy atom. The summed E-state index contributed by atoms with van der Waals surface area (Å²) in [5.41, 5.74) is 2.85. The molecule has 2 N–H and O–H groups in total. The first-order valence-electron chi connectivity index (χ1n) is 7.84. The van der Waals surface area contributed by atoms with Gasteiger partial charge in [-0.1, -0.05) is 43.0 Å². The normalized spacial score (nSPS) is 10.8. The van der Waals surface area contributed by atoms with Crippen molar-refractivity contribution in [3.05, 3.63) is 82.8 Å². The van der Waals surface area contributed by atoms with E-state index in [1.165, 1.54) is 6.21 Å². The Bertz CT molecular complexity index is 1040. The fourth-order valence-electron chi connectivity index (χ4n) is 2.37. The molecule has 3 rings (SSSR count). The zero-order valence-electron chi connectivity index (χ0n) is 13.8. The molecule has 0 fully saturated rings. The van der Waals surface area contributed by atoms with Gasteiger partial charge in [0.2, 0.25) is 0 Å². The summed E-state index contributed by atoms with van der Waals surface area (Å²) in [6.45, 7) is 3.97. The molecule has 1 aromatic heterocycles. The minimum absolute atomic E-state index is 0.0912. The average molecular weight is 348 g/mol. The second-order valence-corrected chi connectivity index (χ2v) is 5.28. The molecule has 1 heterocycles. The van der Waals surface area contributed by atoms with Crippen LogP contribution in [0.25, 0.3) is 10.8 Å². The van der Waals surface area contributed by atoms with E-state index in [2.05, 4.69) is 27.3 Å². The van der Waals surface area contributed by atoms with E-state index in [-0.39, 0.29) is 11.3 Å². The lowest BCUT2D eigenvalue weighted by Gasteiger charge is -2.06. The molecular weight excluding hydrogens is 332 g/mol. The second-order valence-electron chi connectivity index (χ2n) is 5.28. The zero-order valence-corrected chi connectivity index (χ0v) is 13.8. The van der Waals surface area contributed by atoms with Crippen LogP contribution in [0.5, 0.6) is 5.75 Å². The number of ether oxygens (including phenoxy) is 1. The fraction of sp³-hybridized carbons (Fsp3) is 0.0526. The van der Waals surface area contributed by atoms with Gasteiger partial charge in [-0.2, -0.15) is 10.2 Å². The number of fused-ring (bicyclic) bond motifs is 1. The van der Waals surface area contributed by atoms with Crippen molar-refractivity contribution in [1.29, 1.82) is 0 Å². The Morgan fingerprint density at radius 3 is 2.73 bits per heavy atom. The highest BCUT2D eigenvalue weighted by Crippen LogP contribution is 2.16. The summed E-state index contributed by atoms with van der Waals surface area (Å²) in [7, 11) is 0. The van der Waals surface area contributed by atoms with Crippen molar-refractivity contribution in [1.82, 2.24) is 15.6 Å². The van der Waals surface area contributed by atoms with E-state index in [0.717, 1.165) is 0 Å². The van der Waals surface area contributed by atoms with Gasteiger partial charge in [-0.3, -0.25) is 9.59 Å². The molecule has 2 aromatic carbocycles. The number of carbonyl (C=O) groups excluding carboxylic acids is 1. The van der Waals surface area contributed by atoms with Gasteiger partial charge in [-0.05, 0) is 18.2 Å². The number of nitrogens with one attached hydrogen (secondary N) is 2. The number of H-pyrrole nitrogens is 1. The van der Waals surface area contributed by atoms with Crippen LogP contribution in [0.2, 0.25) is 0 Å². The van der Waals surface area contributed by atoms with Crippen molar-refractivity contribution >= 4 is 22.9 Å². The van der Waals surface area contributed by atoms with Crippen molar-refractivity contribution in [3.8, 4) is 5.75 Å². The molecule has 0 aliphatic rings. The van der Waals surface area contributed by atoms with Crippen LogP contribution < -0.4 is 15.7 Å². The monoisotopic (exact) mass is 348 g/mol. The maximum absolute atomic E-state index is 12.4. The Morgan fingerprint density at radius 1 is 1.19 bits per heavy atom. The Kier molecular flexibility index (Phi) is 5.19. The van der Waals surface area contributed by atoms with Gasteiger partial charge in [-0.25, -0.2) is 10.5 Å². The Hall–Kier alpha value is -3.74. The minimum atomic E-state index is -0.529. The number of amides is 1. The van der Waals surface area contributed by atoms with Gasteiger partial charge >= 0.3 is 0 Å². The molecule has 0 spiro atoms. The Balaban J connectivity index is 1.80. The molecule has 3 aromatic rings. The molecule has 7 nitrogen and oxygen atoms in total. The average Bonchev–Trinajstić information content (AvgIpc) is 2.67. The van der Waals surface area contributed by atoms with Gasteiger partial charge in [0.1, 0.15) is 12.4 Å². The molecule has 0 bridgehead atoms. The maximum atomic E-state index is 12.4. The van der Waals surface area contributed by atoms with E-state index in [0.29, 0.717) is 28.7 Å². The third-order valence-corrected chi connectivity index (χ3v) is 3.56. The summed E-state index contributed by atoms with van der Waals surface area (Å²) < 4.78 is 5.53. The second kappa shape index (κ2) is 7.89. The lowest BCUT2D eigenvalue weighted by molar-refractivity contribution is 0.0951.